The number of hydrogen-bond acceptors (Lipinski definition) is 6. The largest absolute Gasteiger partial charge is 0.349 e. The van der Waals surface area contributed by atoms with Crippen molar-refractivity contribution in [3.8, 4) is 6.07 Å². The van der Waals surface area contributed by atoms with E-state index in [4.69, 9.17) is 0 Å². The van der Waals surface area contributed by atoms with Gasteiger partial charge in [0.1, 0.15) is 15.2 Å². The minimum Gasteiger partial charge on any atom is -0.349 e. The molecule has 0 bridgehead atoms. The second kappa shape index (κ2) is 10.6. The molecule has 10 heteroatoms. The fourth-order valence-electron chi connectivity index (χ4n) is 3.60. The zero-order valence-corrected chi connectivity index (χ0v) is 21.6. The molecule has 7 nitrogen and oxygen atoms in total. The number of fused-ring (bicyclic) bond motifs is 1. The zero-order chi connectivity index (χ0) is 25.0. The molecular formula is C25H24N4O3S3. The minimum atomic E-state index is -3.73. The van der Waals surface area contributed by atoms with Crippen molar-refractivity contribution >= 4 is 55.6 Å². The lowest BCUT2D eigenvalue weighted by molar-refractivity contribution is 0.0951. The Balaban J connectivity index is 1.51. The molecule has 0 saturated carbocycles. The van der Waals surface area contributed by atoms with E-state index in [1.165, 1.54) is 23.1 Å². The number of aromatic amines is 1. The molecule has 2 N–H and O–H groups in total. The van der Waals surface area contributed by atoms with Gasteiger partial charge >= 0.3 is 0 Å². The standard InChI is InChI=1S/C25H24N4O3S3/c1-17-10-11-22(29(2)35(31,32)23-9-6-12-33-23)24-20(17)13-21(28-24)25(30)27-15-19(14-26)34-16-18-7-4-3-5-8-18/h3-13,19,28H,15-16H2,1-2H3,(H,27,30). The van der Waals surface area contributed by atoms with Crippen molar-refractivity contribution in [1.82, 2.24) is 10.3 Å². The van der Waals surface area contributed by atoms with Crippen molar-refractivity contribution in [2.75, 3.05) is 17.9 Å². The van der Waals surface area contributed by atoms with E-state index in [-0.39, 0.29) is 16.7 Å². The summed E-state index contributed by atoms with van der Waals surface area (Å²) in [5, 5.41) is 14.4. The maximum atomic E-state index is 13.0. The maximum absolute atomic E-state index is 13.0. The number of amides is 1. The summed E-state index contributed by atoms with van der Waals surface area (Å²) in [5.41, 5.74) is 3.35. The molecule has 0 aliphatic heterocycles. The number of rotatable bonds is 9. The molecule has 1 atom stereocenters. The molecule has 4 rings (SSSR count). The SMILES string of the molecule is Cc1ccc(N(C)S(=O)(=O)c2cccs2)c2[nH]c(C(=O)NCC(C#N)SCc3ccccc3)cc12. The minimum absolute atomic E-state index is 0.195. The van der Waals surface area contributed by atoms with E-state index in [9.17, 15) is 18.5 Å². The van der Waals surface area contributed by atoms with Gasteiger partial charge in [0, 0.05) is 24.7 Å². The number of carbonyl (C=O) groups is 1. The second-order valence-electron chi connectivity index (χ2n) is 7.90. The molecule has 0 fully saturated rings. The summed E-state index contributed by atoms with van der Waals surface area (Å²) in [6, 6.07) is 20.6. The molecule has 2 aromatic carbocycles. The molecule has 2 heterocycles. The van der Waals surface area contributed by atoms with E-state index >= 15 is 0 Å². The zero-order valence-electron chi connectivity index (χ0n) is 19.2. The van der Waals surface area contributed by atoms with Gasteiger partial charge in [-0.1, -0.05) is 42.5 Å². The topological polar surface area (TPSA) is 106 Å². The summed E-state index contributed by atoms with van der Waals surface area (Å²) in [6.07, 6.45) is 0. The van der Waals surface area contributed by atoms with Crippen molar-refractivity contribution in [1.29, 1.82) is 5.26 Å². The number of aromatic nitrogens is 1. The van der Waals surface area contributed by atoms with Gasteiger partial charge in [-0.15, -0.1) is 23.1 Å². The molecule has 0 spiro atoms. The molecule has 1 unspecified atom stereocenters. The number of nitrogens with one attached hydrogen (secondary N) is 2. The molecular weight excluding hydrogens is 501 g/mol. The Morgan fingerprint density at radius 1 is 1.20 bits per heavy atom. The number of nitriles is 1. The number of hydrogen-bond donors (Lipinski definition) is 2. The highest BCUT2D eigenvalue weighted by Gasteiger charge is 2.25. The summed E-state index contributed by atoms with van der Waals surface area (Å²) in [6.45, 7) is 2.10. The van der Waals surface area contributed by atoms with Crippen LogP contribution in [0.15, 0.2) is 70.3 Å². The first-order valence-corrected chi connectivity index (χ1v) is 14.2. The lowest BCUT2D eigenvalue weighted by atomic mass is 10.1. The van der Waals surface area contributed by atoms with Crippen molar-refractivity contribution in [3.63, 3.8) is 0 Å². The fourth-order valence-corrected chi connectivity index (χ4v) is 6.83. The van der Waals surface area contributed by atoms with Gasteiger partial charge in [0.15, 0.2) is 0 Å². The van der Waals surface area contributed by atoms with Crippen LogP contribution in [0.5, 0.6) is 0 Å². The van der Waals surface area contributed by atoms with Gasteiger partial charge in [-0.25, -0.2) is 8.42 Å². The number of sulfonamides is 1. The van der Waals surface area contributed by atoms with Crippen LogP contribution in [0.2, 0.25) is 0 Å². The van der Waals surface area contributed by atoms with E-state index in [0.29, 0.717) is 22.7 Å². The Labute approximate surface area is 212 Å². The number of thioether (sulfide) groups is 1. The van der Waals surface area contributed by atoms with Crippen LogP contribution in [-0.4, -0.2) is 38.2 Å². The summed E-state index contributed by atoms with van der Waals surface area (Å²) in [4.78, 5) is 16.0. The number of thiophene rings is 1. The number of nitrogens with zero attached hydrogens (tertiary/aromatic N) is 2. The first-order valence-electron chi connectivity index (χ1n) is 10.8. The van der Waals surface area contributed by atoms with Crippen LogP contribution in [0.1, 0.15) is 21.6 Å². The normalized spacial score (nSPS) is 12.3. The van der Waals surface area contributed by atoms with E-state index in [1.54, 1.807) is 29.6 Å². The van der Waals surface area contributed by atoms with Crippen LogP contribution < -0.4 is 9.62 Å². The Bertz CT molecular complexity index is 1470. The Morgan fingerprint density at radius 3 is 2.66 bits per heavy atom. The van der Waals surface area contributed by atoms with Gasteiger partial charge in [0.25, 0.3) is 15.9 Å². The van der Waals surface area contributed by atoms with E-state index < -0.39 is 15.3 Å². The third kappa shape index (κ3) is 5.37. The molecule has 0 radical (unpaired) electrons. The molecule has 1 amide bonds. The summed E-state index contributed by atoms with van der Waals surface area (Å²) in [5.74, 6) is 0.324. The van der Waals surface area contributed by atoms with E-state index in [2.05, 4.69) is 16.4 Å². The van der Waals surface area contributed by atoms with Gasteiger partial charge in [0.05, 0.1) is 17.3 Å². The smallest absolute Gasteiger partial charge is 0.273 e. The second-order valence-corrected chi connectivity index (χ2v) is 12.2. The van der Waals surface area contributed by atoms with Gasteiger partial charge in [0.2, 0.25) is 0 Å². The highest BCUT2D eigenvalue weighted by atomic mass is 32.2. The van der Waals surface area contributed by atoms with Crippen LogP contribution in [0, 0.1) is 18.3 Å². The third-order valence-electron chi connectivity index (χ3n) is 5.57. The van der Waals surface area contributed by atoms with Gasteiger partial charge in [-0.2, -0.15) is 5.26 Å². The van der Waals surface area contributed by atoms with Crippen molar-refractivity contribution < 1.29 is 13.2 Å². The summed E-state index contributed by atoms with van der Waals surface area (Å²) >= 11 is 2.62. The number of aryl methyl sites for hydroxylation is 1. The molecule has 0 aliphatic rings. The van der Waals surface area contributed by atoms with Gasteiger partial charge in [-0.05, 0) is 41.6 Å². The predicted octanol–water partition coefficient (Wildman–Crippen LogP) is 4.92. The number of H-pyrrole nitrogens is 1. The maximum Gasteiger partial charge on any atom is 0.273 e. The lowest BCUT2D eigenvalue weighted by Crippen LogP contribution is -2.30. The quantitative estimate of drug-likeness (QED) is 0.323. The third-order valence-corrected chi connectivity index (χ3v) is 9.89. The average molecular weight is 525 g/mol. The molecule has 180 valence electrons. The number of carbonyl (C=O) groups excluding carboxylic acids is 1. The van der Waals surface area contributed by atoms with Gasteiger partial charge < -0.3 is 10.3 Å². The van der Waals surface area contributed by atoms with Crippen molar-refractivity contribution in [3.05, 3.63) is 82.9 Å². The van der Waals surface area contributed by atoms with Crippen LogP contribution in [-0.2, 0) is 15.8 Å². The average Bonchev–Trinajstić information content (AvgIpc) is 3.56. The summed E-state index contributed by atoms with van der Waals surface area (Å²) in [7, 11) is -2.22. The van der Waals surface area contributed by atoms with Crippen LogP contribution in [0.3, 0.4) is 0 Å². The van der Waals surface area contributed by atoms with Gasteiger partial charge in [-0.3, -0.25) is 9.10 Å². The molecule has 4 aromatic rings. The Hall–Kier alpha value is -3.26. The first kappa shape index (κ1) is 24.9. The van der Waals surface area contributed by atoms with Crippen molar-refractivity contribution in [2.24, 2.45) is 0 Å². The highest BCUT2D eigenvalue weighted by molar-refractivity contribution is 7.99. The summed E-state index contributed by atoms with van der Waals surface area (Å²) < 4.78 is 27.6. The predicted molar refractivity (Wildman–Crippen MR) is 142 cm³/mol. The van der Waals surface area contributed by atoms with Crippen LogP contribution in [0.4, 0.5) is 5.69 Å². The highest BCUT2D eigenvalue weighted by Crippen LogP contribution is 2.33. The molecule has 0 aliphatic carbocycles. The molecule has 2 aromatic heterocycles. The van der Waals surface area contributed by atoms with E-state index in [0.717, 1.165) is 27.8 Å². The van der Waals surface area contributed by atoms with Crippen LogP contribution >= 0.6 is 23.1 Å². The molecule has 35 heavy (non-hydrogen) atoms. The molecule has 0 saturated heterocycles. The van der Waals surface area contributed by atoms with E-state index in [1.807, 2.05) is 43.3 Å². The van der Waals surface area contributed by atoms with Crippen LogP contribution in [0.25, 0.3) is 10.9 Å². The fraction of sp³-hybridized carbons (Fsp3) is 0.200. The number of benzene rings is 2. The number of anilines is 1. The van der Waals surface area contributed by atoms with Crippen molar-refractivity contribution in [2.45, 2.75) is 22.1 Å². The lowest BCUT2D eigenvalue weighted by Gasteiger charge is -2.19. The first-order chi connectivity index (χ1) is 16.8. The Kier molecular flexibility index (Phi) is 7.50. The Morgan fingerprint density at radius 2 is 1.97 bits per heavy atom. The monoisotopic (exact) mass is 524 g/mol.